The highest BCUT2D eigenvalue weighted by molar-refractivity contribution is 8.00. The van der Waals surface area contributed by atoms with Crippen LogP contribution in [0.4, 0.5) is 20.5 Å². The van der Waals surface area contributed by atoms with Crippen LogP contribution < -0.4 is 19.6 Å². The van der Waals surface area contributed by atoms with Crippen molar-refractivity contribution in [2.24, 2.45) is 0 Å². The summed E-state index contributed by atoms with van der Waals surface area (Å²) in [6.45, 7) is 7.81. The standard InChI is InChI=1S/4C19H18N4OS2.H2O/c4*1-13-11-26-19(20-13)23(15-7-8-15)18(24)12-25-17-10-9-16(21-22-17)14-5-3-2-4-6-14;/h4*2-6,9-11,15H,7-8,12H2,1H3;1H2. The zero-order valence-corrected chi connectivity index (χ0v) is 64.4. The number of hydrogen-bond donors (Lipinski definition) is 0. The second kappa shape index (κ2) is 36.8. The SMILES string of the molecule is Cc1csc(N(C(=O)CSc2ccc(-c3ccccc3)nn2)C2CC2)n1.Cc1csc(N(C(=O)CSc2ccc(-c3ccccc3)nn2)C2CC2)n1.Cc1csc(N(C(=O)CSc2ccc(-c3ccccc3)nn2)C2CC2)n1.Cc1csc(N(C(=O)CSc2ccc(-c3ccccc3)nn2)C2CC2)n1.O. The van der Waals surface area contributed by atoms with Crippen LogP contribution in [0.15, 0.2) is 211 Å². The fraction of sp³-hybridized carbons (Fsp3) is 0.263. The van der Waals surface area contributed by atoms with Gasteiger partial charge in [0.1, 0.15) is 20.1 Å². The van der Waals surface area contributed by atoms with Crippen LogP contribution in [0.3, 0.4) is 0 Å². The number of amides is 4. The molecule has 536 valence electrons. The molecule has 0 atom stereocenters. The van der Waals surface area contributed by atoms with Crippen LogP contribution in [0.2, 0.25) is 0 Å². The third-order valence-electron chi connectivity index (χ3n) is 16.2. The number of aryl methyl sites for hydroxylation is 4. The molecule has 105 heavy (non-hydrogen) atoms. The summed E-state index contributed by atoms with van der Waals surface area (Å²) in [4.78, 5) is 76.2. The highest BCUT2D eigenvalue weighted by Crippen LogP contribution is 2.39. The van der Waals surface area contributed by atoms with E-state index in [-0.39, 0.29) is 29.1 Å². The highest BCUT2D eigenvalue weighted by Gasteiger charge is 2.39. The first-order valence-electron chi connectivity index (χ1n) is 33.9. The molecule has 2 N–H and O–H groups in total. The lowest BCUT2D eigenvalue weighted by atomic mass is 10.1. The second-order valence-electron chi connectivity index (χ2n) is 24.7. The van der Waals surface area contributed by atoms with Crippen molar-refractivity contribution in [3.8, 4) is 45.0 Å². The van der Waals surface area contributed by atoms with Crippen LogP contribution in [0, 0.1) is 27.7 Å². The maximum Gasteiger partial charge on any atom is 0.239 e. The largest absolute Gasteiger partial charge is 0.412 e. The minimum atomic E-state index is 0. The number of nitrogens with zero attached hydrogens (tertiary/aromatic N) is 16. The molecule has 8 heterocycles. The molecule has 12 aromatic rings. The van der Waals surface area contributed by atoms with E-state index in [1.165, 1.54) is 92.4 Å². The Bertz CT molecular complexity index is 4180. The Labute approximate surface area is 642 Å². The number of carbonyl (C=O) groups is 4. The molecule has 0 spiro atoms. The van der Waals surface area contributed by atoms with Crippen LogP contribution in [0.5, 0.6) is 0 Å². The molecule has 16 rings (SSSR count). The maximum absolute atomic E-state index is 12.7. The van der Waals surface area contributed by atoms with E-state index in [2.05, 4.69) is 60.7 Å². The molecule has 0 radical (unpaired) electrons. The van der Waals surface area contributed by atoms with Gasteiger partial charge in [0.15, 0.2) is 20.5 Å². The molecule has 4 saturated carbocycles. The van der Waals surface area contributed by atoms with Crippen molar-refractivity contribution in [1.82, 2.24) is 60.7 Å². The fourth-order valence-corrected chi connectivity index (χ4v) is 16.7. The van der Waals surface area contributed by atoms with E-state index in [0.29, 0.717) is 47.2 Å². The average molecular weight is 1550 g/mol. The zero-order chi connectivity index (χ0) is 71.7. The molecule has 0 bridgehead atoms. The first-order chi connectivity index (χ1) is 50.8. The molecule has 0 unspecified atom stereocenters. The number of anilines is 4. The predicted octanol–water partition coefficient (Wildman–Crippen LogP) is 16.0. The Morgan fingerprint density at radius 2 is 0.505 bits per heavy atom. The van der Waals surface area contributed by atoms with Gasteiger partial charge in [0, 0.05) is 67.9 Å². The lowest BCUT2D eigenvalue weighted by molar-refractivity contribution is -0.117. The van der Waals surface area contributed by atoms with E-state index >= 15 is 0 Å². The van der Waals surface area contributed by atoms with Crippen LogP contribution in [0.1, 0.15) is 74.1 Å². The molecule has 8 aromatic heterocycles. The van der Waals surface area contributed by atoms with Crippen LogP contribution >= 0.6 is 92.4 Å². The first kappa shape index (κ1) is 75.6. The molecule has 4 aliphatic carbocycles. The second-order valence-corrected chi connectivity index (χ2v) is 32.0. The molecule has 4 amide bonds. The van der Waals surface area contributed by atoms with Crippen molar-refractivity contribution in [3.63, 3.8) is 0 Å². The highest BCUT2D eigenvalue weighted by atomic mass is 32.2. The van der Waals surface area contributed by atoms with Gasteiger partial charge in [-0.15, -0.1) is 86.1 Å². The molecule has 4 fully saturated rings. The summed E-state index contributed by atoms with van der Waals surface area (Å²) in [6.07, 6.45) is 8.45. The number of aromatic nitrogens is 12. The fourth-order valence-electron chi connectivity index (χ4n) is 10.5. The Morgan fingerprint density at radius 1 is 0.305 bits per heavy atom. The van der Waals surface area contributed by atoms with Gasteiger partial charge >= 0.3 is 0 Å². The maximum atomic E-state index is 12.7. The molecule has 21 nitrogen and oxygen atoms in total. The summed E-state index contributed by atoms with van der Waals surface area (Å²) in [5.74, 6) is 1.70. The van der Waals surface area contributed by atoms with Gasteiger partial charge in [-0.25, -0.2) is 19.9 Å². The normalized spacial score (nSPS) is 13.4. The molecule has 0 aliphatic heterocycles. The van der Waals surface area contributed by atoms with Crippen LogP contribution in [0.25, 0.3) is 45.0 Å². The van der Waals surface area contributed by atoms with Crippen molar-refractivity contribution >= 4 is 137 Å². The van der Waals surface area contributed by atoms with Crippen molar-refractivity contribution in [2.45, 2.75) is 123 Å². The van der Waals surface area contributed by atoms with Gasteiger partial charge < -0.3 is 5.48 Å². The van der Waals surface area contributed by atoms with Gasteiger partial charge in [-0.05, 0) is 128 Å². The summed E-state index contributed by atoms with van der Waals surface area (Å²) < 4.78 is 0. The minimum Gasteiger partial charge on any atom is -0.412 e. The summed E-state index contributed by atoms with van der Waals surface area (Å²) in [5.41, 5.74) is 11.3. The monoisotopic (exact) mass is 1550 g/mol. The van der Waals surface area contributed by atoms with Gasteiger partial charge in [-0.1, -0.05) is 168 Å². The molecule has 0 saturated heterocycles. The van der Waals surface area contributed by atoms with Crippen LogP contribution in [-0.2, 0) is 19.2 Å². The molecular weight excluding hydrogens is 1470 g/mol. The van der Waals surface area contributed by atoms with E-state index in [4.69, 9.17) is 0 Å². The Morgan fingerprint density at radius 3 is 0.657 bits per heavy atom. The zero-order valence-electron chi connectivity index (χ0n) is 57.8. The van der Waals surface area contributed by atoms with E-state index in [1.54, 1.807) is 0 Å². The van der Waals surface area contributed by atoms with E-state index in [0.717, 1.165) is 160 Å². The smallest absolute Gasteiger partial charge is 0.239 e. The van der Waals surface area contributed by atoms with E-state index < -0.39 is 0 Å². The third-order valence-corrected chi connectivity index (χ3v) is 23.6. The molecule has 29 heteroatoms. The number of carbonyl (C=O) groups excluding carboxylic acids is 4. The van der Waals surface area contributed by atoms with Gasteiger partial charge in [0.25, 0.3) is 0 Å². The third kappa shape index (κ3) is 21.6. The average Bonchev–Trinajstić information content (AvgIpc) is 1.69. The summed E-state index contributed by atoms with van der Waals surface area (Å²) in [6, 6.07) is 56.4. The van der Waals surface area contributed by atoms with Gasteiger partial charge in [-0.2, -0.15) is 0 Å². The minimum absolute atomic E-state index is 0. The Balaban J connectivity index is 0.000000131. The summed E-state index contributed by atoms with van der Waals surface area (Å²) >= 11 is 11.8. The number of benzene rings is 4. The number of hydrogen-bond acceptors (Lipinski definition) is 24. The number of thiazole rings is 4. The van der Waals surface area contributed by atoms with Crippen molar-refractivity contribution in [3.05, 3.63) is 214 Å². The van der Waals surface area contributed by atoms with E-state index in [1.807, 2.05) is 239 Å². The summed E-state index contributed by atoms with van der Waals surface area (Å²) in [7, 11) is 0. The lowest BCUT2D eigenvalue weighted by Gasteiger charge is -2.18. The Kier molecular flexibility index (Phi) is 26.5. The molecule has 4 aliphatic rings. The number of rotatable bonds is 24. The van der Waals surface area contributed by atoms with Crippen molar-refractivity contribution in [2.75, 3.05) is 42.6 Å². The molecular formula is C76H74N16O5S8. The van der Waals surface area contributed by atoms with Crippen molar-refractivity contribution < 1.29 is 24.7 Å². The Hall–Kier alpha value is -9.04. The molecule has 4 aromatic carbocycles. The summed E-state index contributed by atoms with van der Waals surface area (Å²) in [5, 5.41) is 48.3. The van der Waals surface area contributed by atoms with Gasteiger partial charge in [0.05, 0.1) is 68.6 Å². The first-order valence-corrected chi connectivity index (χ1v) is 41.3. The van der Waals surface area contributed by atoms with Crippen LogP contribution in [-0.4, -0.2) is 137 Å². The van der Waals surface area contributed by atoms with Gasteiger partial charge in [0.2, 0.25) is 23.6 Å². The lowest BCUT2D eigenvalue weighted by Crippen LogP contribution is -2.34. The van der Waals surface area contributed by atoms with E-state index in [9.17, 15) is 19.2 Å². The number of thioether (sulfide) groups is 4. The van der Waals surface area contributed by atoms with Gasteiger partial charge in [-0.3, -0.25) is 38.8 Å². The van der Waals surface area contributed by atoms with Crippen molar-refractivity contribution in [1.29, 1.82) is 0 Å². The quantitative estimate of drug-likeness (QED) is 0.0509. The predicted molar refractivity (Wildman–Crippen MR) is 426 cm³/mol. The topological polar surface area (TPSA) is 267 Å².